The van der Waals surface area contributed by atoms with Gasteiger partial charge in [0.2, 0.25) is 0 Å². The predicted molar refractivity (Wildman–Crippen MR) is 95.5 cm³/mol. The maximum absolute atomic E-state index is 12.6. The lowest BCUT2D eigenvalue weighted by Gasteiger charge is -2.16. The zero-order chi connectivity index (χ0) is 18.0. The first-order valence-corrected chi connectivity index (χ1v) is 8.41. The van der Waals surface area contributed by atoms with Gasteiger partial charge in [0.05, 0.1) is 15.6 Å². The largest absolute Gasteiger partial charge is 0.357 e. The second-order valence-electron chi connectivity index (χ2n) is 5.64. The minimum absolute atomic E-state index is 0.0133. The number of nitrogens with one attached hydrogen (secondary N) is 1. The van der Waals surface area contributed by atoms with E-state index in [-0.39, 0.29) is 18.1 Å². The number of nitro benzene ring substituents is 1. The van der Waals surface area contributed by atoms with E-state index in [9.17, 15) is 14.9 Å². The molecule has 0 unspecified atom stereocenters. The Morgan fingerprint density at radius 3 is 2.88 bits per heavy atom. The first-order valence-electron chi connectivity index (χ1n) is 7.54. The van der Waals surface area contributed by atoms with Gasteiger partial charge in [-0.2, -0.15) is 0 Å². The Morgan fingerprint density at radius 2 is 2.20 bits per heavy atom. The van der Waals surface area contributed by atoms with E-state index in [0.29, 0.717) is 11.3 Å². The van der Waals surface area contributed by atoms with Crippen LogP contribution in [-0.4, -0.2) is 32.7 Å². The Labute approximate surface area is 148 Å². The van der Waals surface area contributed by atoms with Gasteiger partial charge in [-0.3, -0.25) is 14.9 Å². The fourth-order valence-corrected chi connectivity index (χ4v) is 3.10. The van der Waals surface area contributed by atoms with Crippen LogP contribution in [0.25, 0.3) is 11.3 Å². The van der Waals surface area contributed by atoms with Crippen LogP contribution < -0.4 is 0 Å². The van der Waals surface area contributed by atoms with Gasteiger partial charge in [0.15, 0.2) is 0 Å². The molecule has 25 heavy (non-hydrogen) atoms. The number of carbonyl (C=O) groups excluding carboxylic acids is 1. The molecule has 0 fully saturated rings. The van der Waals surface area contributed by atoms with Gasteiger partial charge < -0.3 is 9.88 Å². The van der Waals surface area contributed by atoms with Crippen LogP contribution in [0.4, 0.5) is 5.69 Å². The summed E-state index contributed by atoms with van der Waals surface area (Å²) in [4.78, 5) is 31.9. The van der Waals surface area contributed by atoms with Crippen molar-refractivity contribution in [3.63, 3.8) is 0 Å². The molecule has 1 amide bonds. The van der Waals surface area contributed by atoms with Crippen molar-refractivity contribution in [2.45, 2.75) is 13.5 Å². The number of rotatable bonds is 5. The lowest BCUT2D eigenvalue weighted by Crippen LogP contribution is -2.26. The van der Waals surface area contributed by atoms with Crippen LogP contribution in [0.1, 0.15) is 21.1 Å². The number of aryl methyl sites for hydroxylation is 1. The van der Waals surface area contributed by atoms with Crippen LogP contribution in [-0.2, 0) is 6.54 Å². The third-order valence-electron chi connectivity index (χ3n) is 3.72. The van der Waals surface area contributed by atoms with Gasteiger partial charge in [0, 0.05) is 42.9 Å². The SMILES string of the molecule is Cc1nc(-c2c[nH]c(C(=O)N(C)Cc3cccc([N+](=O)[O-])c3)c2)cs1. The second-order valence-corrected chi connectivity index (χ2v) is 6.70. The number of carbonyl (C=O) groups is 1. The summed E-state index contributed by atoms with van der Waals surface area (Å²) in [5.41, 5.74) is 2.86. The van der Waals surface area contributed by atoms with Gasteiger partial charge in [-0.25, -0.2) is 4.98 Å². The number of thiazole rings is 1. The van der Waals surface area contributed by atoms with E-state index in [4.69, 9.17) is 0 Å². The summed E-state index contributed by atoms with van der Waals surface area (Å²) in [6.45, 7) is 2.21. The van der Waals surface area contributed by atoms with Gasteiger partial charge in [0.1, 0.15) is 5.69 Å². The minimum atomic E-state index is -0.446. The van der Waals surface area contributed by atoms with E-state index in [1.54, 1.807) is 42.8 Å². The molecule has 0 saturated carbocycles. The van der Waals surface area contributed by atoms with Crippen LogP contribution >= 0.6 is 11.3 Å². The maximum Gasteiger partial charge on any atom is 0.270 e. The van der Waals surface area contributed by atoms with Crippen LogP contribution in [0.3, 0.4) is 0 Å². The van der Waals surface area contributed by atoms with Crippen LogP contribution in [0.15, 0.2) is 41.9 Å². The number of nitro groups is 1. The van der Waals surface area contributed by atoms with E-state index < -0.39 is 4.92 Å². The average Bonchev–Trinajstić information content (AvgIpc) is 3.23. The first-order chi connectivity index (χ1) is 11.9. The number of hydrogen-bond acceptors (Lipinski definition) is 5. The molecule has 0 spiro atoms. The second kappa shape index (κ2) is 6.86. The van der Waals surface area contributed by atoms with Crippen LogP contribution in [0, 0.1) is 17.0 Å². The number of aromatic amines is 1. The molecular weight excluding hydrogens is 340 g/mol. The molecule has 3 rings (SSSR count). The van der Waals surface area contributed by atoms with E-state index in [1.165, 1.54) is 17.0 Å². The van der Waals surface area contributed by atoms with E-state index >= 15 is 0 Å². The highest BCUT2D eigenvalue weighted by atomic mass is 32.1. The van der Waals surface area contributed by atoms with Crippen LogP contribution in [0.5, 0.6) is 0 Å². The van der Waals surface area contributed by atoms with Gasteiger partial charge in [-0.1, -0.05) is 12.1 Å². The molecule has 1 N–H and O–H groups in total. The fourth-order valence-electron chi connectivity index (χ4n) is 2.48. The van der Waals surface area contributed by atoms with Gasteiger partial charge in [-0.05, 0) is 18.6 Å². The molecule has 0 bridgehead atoms. The highest BCUT2D eigenvalue weighted by Gasteiger charge is 2.16. The van der Waals surface area contributed by atoms with Gasteiger partial charge in [-0.15, -0.1) is 11.3 Å². The summed E-state index contributed by atoms with van der Waals surface area (Å²) in [6.07, 6.45) is 1.75. The molecule has 0 aliphatic heterocycles. The molecule has 8 heteroatoms. The highest BCUT2D eigenvalue weighted by molar-refractivity contribution is 7.09. The third-order valence-corrected chi connectivity index (χ3v) is 4.49. The Kier molecular flexibility index (Phi) is 4.62. The molecule has 3 aromatic rings. The van der Waals surface area contributed by atoms with Gasteiger partial charge >= 0.3 is 0 Å². The summed E-state index contributed by atoms with van der Waals surface area (Å²) in [5, 5.41) is 13.8. The summed E-state index contributed by atoms with van der Waals surface area (Å²) in [7, 11) is 1.66. The summed E-state index contributed by atoms with van der Waals surface area (Å²) in [5.74, 6) is -0.190. The third kappa shape index (κ3) is 3.74. The maximum atomic E-state index is 12.6. The molecule has 128 valence electrons. The summed E-state index contributed by atoms with van der Waals surface area (Å²) in [6, 6.07) is 8.04. The summed E-state index contributed by atoms with van der Waals surface area (Å²) < 4.78 is 0. The van der Waals surface area contributed by atoms with Crippen molar-refractivity contribution < 1.29 is 9.72 Å². The number of H-pyrrole nitrogens is 1. The number of hydrogen-bond donors (Lipinski definition) is 1. The van der Waals surface area contributed by atoms with Crippen LogP contribution in [0.2, 0.25) is 0 Å². The average molecular weight is 356 g/mol. The number of nitrogens with zero attached hydrogens (tertiary/aromatic N) is 3. The lowest BCUT2D eigenvalue weighted by molar-refractivity contribution is -0.384. The van der Waals surface area contributed by atoms with Crippen molar-refractivity contribution in [1.82, 2.24) is 14.9 Å². The van der Waals surface area contributed by atoms with Gasteiger partial charge in [0.25, 0.3) is 11.6 Å². The van der Waals surface area contributed by atoms with Crippen molar-refractivity contribution >= 4 is 22.9 Å². The molecule has 0 aliphatic carbocycles. The molecule has 1 aromatic carbocycles. The highest BCUT2D eigenvalue weighted by Crippen LogP contribution is 2.23. The minimum Gasteiger partial charge on any atom is -0.357 e. The quantitative estimate of drug-likeness (QED) is 0.558. The zero-order valence-corrected chi connectivity index (χ0v) is 14.5. The molecule has 0 atom stereocenters. The molecule has 0 aliphatic rings. The molecule has 2 heterocycles. The smallest absolute Gasteiger partial charge is 0.270 e. The van der Waals surface area contributed by atoms with Crippen molar-refractivity contribution in [3.8, 4) is 11.3 Å². The van der Waals surface area contributed by atoms with Crippen molar-refractivity contribution in [3.05, 3.63) is 68.3 Å². The standard InChI is InChI=1S/C17H16N4O3S/c1-11-19-16(10-25-11)13-7-15(18-8-13)17(22)20(2)9-12-4-3-5-14(6-12)21(23)24/h3-8,10,18H,9H2,1-2H3. The number of non-ortho nitro benzene ring substituents is 1. The fraction of sp³-hybridized carbons (Fsp3) is 0.176. The topological polar surface area (TPSA) is 92.1 Å². The predicted octanol–water partition coefficient (Wildman–Crippen LogP) is 3.63. The Bertz CT molecular complexity index is 931. The monoisotopic (exact) mass is 356 g/mol. The van der Waals surface area contributed by atoms with Crippen molar-refractivity contribution in [1.29, 1.82) is 0 Å². The molecular formula is C17H16N4O3S. The lowest BCUT2D eigenvalue weighted by atomic mass is 10.2. The van der Waals surface area contributed by atoms with Crippen molar-refractivity contribution in [2.24, 2.45) is 0 Å². The summed E-state index contributed by atoms with van der Waals surface area (Å²) >= 11 is 1.55. The van der Waals surface area contributed by atoms with E-state index in [1.807, 2.05) is 12.3 Å². The Morgan fingerprint density at radius 1 is 1.40 bits per heavy atom. The number of amides is 1. The Balaban J connectivity index is 1.73. The van der Waals surface area contributed by atoms with E-state index in [0.717, 1.165) is 16.3 Å². The molecule has 0 radical (unpaired) electrons. The zero-order valence-electron chi connectivity index (χ0n) is 13.7. The first kappa shape index (κ1) is 16.8. The Hall–Kier alpha value is -3.00. The normalized spacial score (nSPS) is 10.6. The number of benzene rings is 1. The van der Waals surface area contributed by atoms with E-state index in [2.05, 4.69) is 9.97 Å². The number of aromatic nitrogens is 2. The molecule has 7 nitrogen and oxygen atoms in total. The van der Waals surface area contributed by atoms with Crippen molar-refractivity contribution in [2.75, 3.05) is 7.05 Å². The molecule has 0 saturated heterocycles. The molecule has 2 aromatic heterocycles.